The molecular weight excluding hydrogens is 376 g/mol. The van der Waals surface area contributed by atoms with E-state index >= 15 is 0 Å². The second-order valence-electron chi connectivity index (χ2n) is 7.47. The molecule has 0 saturated heterocycles. The molecule has 4 aromatic rings. The molecule has 30 heavy (non-hydrogen) atoms. The quantitative estimate of drug-likeness (QED) is 0.394. The Morgan fingerprint density at radius 1 is 1.00 bits per heavy atom. The van der Waals surface area contributed by atoms with Crippen molar-refractivity contribution in [1.29, 1.82) is 0 Å². The fraction of sp³-hybridized carbons (Fsp3) is 0.240. The summed E-state index contributed by atoms with van der Waals surface area (Å²) in [7, 11) is 0. The third-order valence-corrected chi connectivity index (χ3v) is 5.18. The molecule has 0 aliphatic rings. The molecule has 0 unspecified atom stereocenters. The molecule has 0 bridgehead atoms. The lowest BCUT2D eigenvalue weighted by molar-refractivity contribution is -0.131. The Hall–Kier alpha value is -3.47. The highest BCUT2D eigenvalue weighted by Gasteiger charge is 2.17. The van der Waals surface area contributed by atoms with Crippen LogP contribution in [-0.4, -0.2) is 15.9 Å². The van der Waals surface area contributed by atoms with Crippen LogP contribution >= 0.6 is 0 Å². The summed E-state index contributed by atoms with van der Waals surface area (Å²) in [4.78, 5) is 21.1. The van der Waals surface area contributed by atoms with Gasteiger partial charge in [-0.3, -0.25) is 14.8 Å². The van der Waals surface area contributed by atoms with Crippen molar-refractivity contribution < 1.29 is 14.3 Å². The van der Waals surface area contributed by atoms with E-state index < -0.39 is 0 Å². The Balaban J connectivity index is 1.88. The average molecular weight is 400 g/mol. The Morgan fingerprint density at radius 2 is 1.80 bits per heavy atom. The van der Waals surface area contributed by atoms with E-state index in [1.54, 1.807) is 0 Å². The predicted octanol–water partition coefficient (Wildman–Crippen LogP) is 5.99. The van der Waals surface area contributed by atoms with Gasteiger partial charge in [-0.1, -0.05) is 13.0 Å². The van der Waals surface area contributed by atoms with Gasteiger partial charge in [0.2, 0.25) is 0 Å². The lowest BCUT2D eigenvalue weighted by Crippen LogP contribution is -2.07. The molecule has 0 saturated carbocycles. The van der Waals surface area contributed by atoms with Crippen LogP contribution in [0.4, 0.5) is 0 Å². The van der Waals surface area contributed by atoms with Gasteiger partial charge in [0.1, 0.15) is 17.2 Å². The second kappa shape index (κ2) is 7.75. The van der Waals surface area contributed by atoms with Gasteiger partial charge in [0, 0.05) is 34.6 Å². The summed E-state index contributed by atoms with van der Waals surface area (Å²) < 4.78 is 11.9. The number of hydrogen-bond donors (Lipinski definition) is 0. The van der Waals surface area contributed by atoms with E-state index in [9.17, 15) is 4.79 Å². The van der Waals surface area contributed by atoms with E-state index in [2.05, 4.69) is 4.98 Å². The molecule has 0 radical (unpaired) electrons. The second-order valence-corrected chi connectivity index (χ2v) is 7.47. The van der Waals surface area contributed by atoms with E-state index in [1.807, 2.05) is 70.2 Å². The highest BCUT2D eigenvalue weighted by atomic mass is 16.5. The number of pyridine rings is 2. The minimum absolute atomic E-state index is 0.355. The Labute approximate surface area is 175 Å². The Bertz CT molecular complexity index is 1300. The van der Waals surface area contributed by atoms with Crippen molar-refractivity contribution in [2.45, 2.75) is 41.0 Å². The number of ether oxygens (including phenoxy) is 2. The highest BCUT2D eigenvalue weighted by molar-refractivity contribution is 5.92. The summed E-state index contributed by atoms with van der Waals surface area (Å²) in [6.07, 6.45) is 0.760. The molecule has 0 aliphatic heterocycles. The number of fused-ring (bicyclic) bond motifs is 2. The van der Waals surface area contributed by atoms with Gasteiger partial charge in [0.05, 0.1) is 11.0 Å². The fourth-order valence-corrected chi connectivity index (χ4v) is 3.74. The smallest absolute Gasteiger partial charge is 0.308 e. The number of carbonyl (C=O) groups is 1. The first-order valence-electron chi connectivity index (χ1n) is 10.0. The first-order valence-corrected chi connectivity index (χ1v) is 10.0. The number of aryl methyl sites for hydroxylation is 3. The molecule has 0 N–H and O–H groups in total. The number of esters is 1. The molecule has 2 heterocycles. The number of aromatic nitrogens is 2. The van der Waals surface area contributed by atoms with E-state index in [0.717, 1.165) is 56.5 Å². The highest BCUT2D eigenvalue weighted by Crippen LogP contribution is 2.37. The minimum Gasteiger partial charge on any atom is -0.457 e. The molecule has 5 nitrogen and oxygen atoms in total. The first kappa shape index (κ1) is 19.8. The summed E-state index contributed by atoms with van der Waals surface area (Å²) >= 11 is 0. The van der Waals surface area contributed by atoms with Gasteiger partial charge in [-0.05, 0) is 69.2 Å². The number of benzene rings is 2. The summed E-state index contributed by atoms with van der Waals surface area (Å²) in [6, 6.07) is 13.7. The van der Waals surface area contributed by atoms with Gasteiger partial charge in [-0.15, -0.1) is 0 Å². The number of rotatable bonds is 4. The van der Waals surface area contributed by atoms with Crippen LogP contribution in [0, 0.1) is 20.8 Å². The molecule has 152 valence electrons. The van der Waals surface area contributed by atoms with Gasteiger partial charge in [-0.2, -0.15) is 0 Å². The number of hydrogen-bond acceptors (Lipinski definition) is 5. The third kappa shape index (κ3) is 3.59. The topological polar surface area (TPSA) is 61.3 Å². The van der Waals surface area contributed by atoms with E-state index in [0.29, 0.717) is 11.5 Å². The summed E-state index contributed by atoms with van der Waals surface area (Å²) in [6.45, 7) is 9.35. The SMILES string of the molecule is CCc1nc2c(C)cc(Oc3cccc4nc(C)ccc34)cc2c(OC(C)=O)c1C. The molecule has 0 spiro atoms. The van der Waals surface area contributed by atoms with Crippen molar-refractivity contribution in [3.63, 3.8) is 0 Å². The standard InChI is InChI=1S/C25H24N2O3/c1-6-21-16(4)25(29-17(5)28)20-13-18(12-14(2)24(20)27-21)30-23-9-7-8-22-19(23)11-10-15(3)26-22/h7-13H,6H2,1-5H3. The van der Waals surface area contributed by atoms with Crippen LogP contribution in [0.15, 0.2) is 42.5 Å². The average Bonchev–Trinajstić information content (AvgIpc) is 2.70. The van der Waals surface area contributed by atoms with Crippen LogP contribution in [0.1, 0.15) is 36.4 Å². The number of carbonyl (C=O) groups excluding carboxylic acids is 1. The van der Waals surface area contributed by atoms with Crippen LogP contribution in [0.5, 0.6) is 17.2 Å². The van der Waals surface area contributed by atoms with E-state index in [-0.39, 0.29) is 5.97 Å². The largest absolute Gasteiger partial charge is 0.457 e. The molecular formula is C25H24N2O3. The lowest BCUT2D eigenvalue weighted by Gasteiger charge is -2.16. The normalized spacial score (nSPS) is 11.1. The van der Waals surface area contributed by atoms with Crippen molar-refractivity contribution in [2.24, 2.45) is 0 Å². The van der Waals surface area contributed by atoms with E-state index in [4.69, 9.17) is 14.5 Å². The molecule has 2 aromatic carbocycles. The number of nitrogens with zero attached hydrogens (tertiary/aromatic N) is 2. The maximum absolute atomic E-state index is 11.8. The third-order valence-electron chi connectivity index (χ3n) is 5.18. The maximum atomic E-state index is 11.8. The maximum Gasteiger partial charge on any atom is 0.308 e. The van der Waals surface area contributed by atoms with Crippen molar-refractivity contribution >= 4 is 27.8 Å². The minimum atomic E-state index is -0.355. The van der Waals surface area contributed by atoms with Crippen LogP contribution in [0.3, 0.4) is 0 Å². The molecule has 0 atom stereocenters. The van der Waals surface area contributed by atoms with Gasteiger partial charge in [0.25, 0.3) is 0 Å². The summed E-state index contributed by atoms with van der Waals surface area (Å²) in [5.41, 5.74) is 5.42. The van der Waals surface area contributed by atoms with Gasteiger partial charge >= 0.3 is 5.97 Å². The van der Waals surface area contributed by atoms with E-state index in [1.165, 1.54) is 6.92 Å². The zero-order chi connectivity index (χ0) is 21.4. The Morgan fingerprint density at radius 3 is 2.53 bits per heavy atom. The van der Waals surface area contributed by atoms with Crippen LogP contribution in [-0.2, 0) is 11.2 Å². The van der Waals surface area contributed by atoms with Gasteiger partial charge in [-0.25, -0.2) is 0 Å². The molecule has 0 amide bonds. The zero-order valence-corrected chi connectivity index (χ0v) is 17.9. The summed E-state index contributed by atoms with van der Waals surface area (Å²) in [5.74, 6) is 1.58. The summed E-state index contributed by atoms with van der Waals surface area (Å²) in [5, 5.41) is 1.71. The predicted molar refractivity (Wildman–Crippen MR) is 118 cm³/mol. The lowest BCUT2D eigenvalue weighted by atomic mass is 10.0. The molecule has 4 rings (SSSR count). The van der Waals surface area contributed by atoms with Gasteiger partial charge in [0.15, 0.2) is 0 Å². The van der Waals surface area contributed by atoms with Crippen molar-refractivity contribution in [3.05, 3.63) is 65.0 Å². The van der Waals surface area contributed by atoms with Crippen molar-refractivity contribution in [2.75, 3.05) is 0 Å². The molecule has 0 aliphatic carbocycles. The molecule has 0 fully saturated rings. The molecule has 2 aromatic heterocycles. The molecule has 5 heteroatoms. The van der Waals surface area contributed by atoms with Crippen molar-refractivity contribution in [3.8, 4) is 17.2 Å². The Kier molecular flexibility index (Phi) is 5.12. The van der Waals surface area contributed by atoms with Crippen LogP contribution in [0.2, 0.25) is 0 Å². The van der Waals surface area contributed by atoms with Gasteiger partial charge < -0.3 is 9.47 Å². The fourth-order valence-electron chi connectivity index (χ4n) is 3.74. The monoisotopic (exact) mass is 400 g/mol. The first-order chi connectivity index (χ1) is 14.4. The van der Waals surface area contributed by atoms with Crippen LogP contribution < -0.4 is 9.47 Å². The van der Waals surface area contributed by atoms with Crippen LogP contribution in [0.25, 0.3) is 21.8 Å². The van der Waals surface area contributed by atoms with Crippen molar-refractivity contribution in [1.82, 2.24) is 9.97 Å². The zero-order valence-electron chi connectivity index (χ0n) is 17.9.